The molecule has 0 aliphatic carbocycles. The SMILES string of the molecule is CC(=O)O[C@@H]1[C@@H](N=[N+]=[N-])C[C@@H](Sc2ccccc2)O[C@H]1C. The first-order valence-electron chi connectivity index (χ1n) is 6.68. The smallest absolute Gasteiger partial charge is 0.303 e. The number of rotatable bonds is 4. The Morgan fingerprint density at radius 2 is 2.19 bits per heavy atom. The number of carbonyl (C=O) groups is 1. The largest absolute Gasteiger partial charge is 0.459 e. The highest BCUT2D eigenvalue weighted by atomic mass is 32.2. The molecule has 0 radical (unpaired) electrons. The highest BCUT2D eigenvalue weighted by Gasteiger charge is 2.38. The molecule has 2 rings (SSSR count). The van der Waals surface area contributed by atoms with Crippen LogP contribution in [0.25, 0.3) is 10.4 Å². The maximum atomic E-state index is 11.2. The number of ether oxygens (including phenoxy) is 2. The summed E-state index contributed by atoms with van der Waals surface area (Å²) in [5, 5.41) is 3.77. The summed E-state index contributed by atoms with van der Waals surface area (Å²) >= 11 is 1.57. The first-order chi connectivity index (χ1) is 10.1. The summed E-state index contributed by atoms with van der Waals surface area (Å²) in [5.74, 6) is -0.400. The minimum atomic E-state index is -0.536. The third-order valence-electron chi connectivity index (χ3n) is 3.15. The van der Waals surface area contributed by atoms with Crippen molar-refractivity contribution in [3.63, 3.8) is 0 Å². The van der Waals surface area contributed by atoms with E-state index in [2.05, 4.69) is 10.0 Å². The average Bonchev–Trinajstić information content (AvgIpc) is 2.44. The van der Waals surface area contributed by atoms with Crippen molar-refractivity contribution in [2.24, 2.45) is 5.11 Å². The van der Waals surface area contributed by atoms with Crippen LogP contribution in [0.5, 0.6) is 0 Å². The van der Waals surface area contributed by atoms with Crippen LogP contribution in [-0.4, -0.2) is 29.7 Å². The number of hydrogen-bond donors (Lipinski definition) is 0. The van der Waals surface area contributed by atoms with Gasteiger partial charge < -0.3 is 9.47 Å². The van der Waals surface area contributed by atoms with Gasteiger partial charge in [-0.2, -0.15) is 0 Å². The van der Waals surface area contributed by atoms with Crippen molar-refractivity contribution in [2.75, 3.05) is 0 Å². The van der Waals surface area contributed by atoms with E-state index < -0.39 is 18.1 Å². The second kappa shape index (κ2) is 7.36. The molecular weight excluding hydrogens is 290 g/mol. The molecule has 1 heterocycles. The fraction of sp³-hybridized carbons (Fsp3) is 0.500. The van der Waals surface area contributed by atoms with Crippen LogP contribution in [0, 0.1) is 0 Å². The number of thioether (sulfide) groups is 1. The predicted molar refractivity (Wildman–Crippen MR) is 79.7 cm³/mol. The molecule has 0 N–H and O–H groups in total. The van der Waals surface area contributed by atoms with Gasteiger partial charge in [-0.3, -0.25) is 4.79 Å². The Kier molecular flexibility index (Phi) is 5.50. The second-order valence-corrected chi connectivity index (χ2v) is 6.02. The van der Waals surface area contributed by atoms with Crippen LogP contribution in [0.4, 0.5) is 0 Å². The van der Waals surface area contributed by atoms with Crippen LogP contribution < -0.4 is 0 Å². The van der Waals surface area contributed by atoms with E-state index in [0.29, 0.717) is 6.42 Å². The van der Waals surface area contributed by atoms with Gasteiger partial charge in [0.1, 0.15) is 11.5 Å². The van der Waals surface area contributed by atoms with Crippen LogP contribution in [-0.2, 0) is 14.3 Å². The van der Waals surface area contributed by atoms with Gasteiger partial charge >= 0.3 is 5.97 Å². The lowest BCUT2D eigenvalue weighted by molar-refractivity contribution is -0.163. The van der Waals surface area contributed by atoms with Crippen LogP contribution in [0.2, 0.25) is 0 Å². The minimum absolute atomic E-state index is 0.135. The zero-order valence-electron chi connectivity index (χ0n) is 11.9. The number of nitrogens with zero attached hydrogens (tertiary/aromatic N) is 3. The quantitative estimate of drug-likeness (QED) is 0.368. The molecule has 1 aliphatic rings. The summed E-state index contributed by atoms with van der Waals surface area (Å²) in [6.07, 6.45) is -0.350. The fourth-order valence-electron chi connectivity index (χ4n) is 2.29. The van der Waals surface area contributed by atoms with Crippen molar-refractivity contribution in [1.82, 2.24) is 0 Å². The standard InChI is InChI=1S/C14H17N3O3S/c1-9-14(20-10(2)18)12(16-17-15)8-13(19-9)21-11-6-4-3-5-7-11/h3-7,9,12-14H,8H2,1-2H3/t9-,12-,13+,14-/m0/s1. The summed E-state index contributed by atoms with van der Waals surface area (Å²) < 4.78 is 11.1. The zero-order chi connectivity index (χ0) is 15.2. The van der Waals surface area contributed by atoms with E-state index in [1.807, 2.05) is 37.3 Å². The molecule has 6 nitrogen and oxygen atoms in total. The molecule has 4 atom stereocenters. The molecule has 1 aromatic carbocycles. The Labute approximate surface area is 127 Å². The Morgan fingerprint density at radius 1 is 1.48 bits per heavy atom. The number of benzene rings is 1. The van der Waals surface area contributed by atoms with E-state index in [1.165, 1.54) is 6.92 Å². The molecular formula is C14H17N3O3S. The summed E-state index contributed by atoms with van der Waals surface area (Å²) in [5.41, 5.74) is 8.57. The van der Waals surface area contributed by atoms with E-state index in [4.69, 9.17) is 15.0 Å². The summed E-state index contributed by atoms with van der Waals surface area (Å²) in [6.45, 7) is 3.16. The molecule has 1 aromatic rings. The third kappa shape index (κ3) is 4.39. The molecule has 1 aliphatic heterocycles. The molecule has 7 heteroatoms. The molecule has 21 heavy (non-hydrogen) atoms. The summed E-state index contributed by atoms with van der Waals surface area (Å²) in [7, 11) is 0. The summed E-state index contributed by atoms with van der Waals surface area (Å²) in [6, 6.07) is 9.46. The fourth-order valence-corrected chi connectivity index (χ4v) is 3.43. The molecule has 1 saturated heterocycles. The van der Waals surface area contributed by atoms with Crippen molar-refractivity contribution >= 4 is 17.7 Å². The Balaban J connectivity index is 2.08. The van der Waals surface area contributed by atoms with Crippen LogP contribution in [0.3, 0.4) is 0 Å². The first kappa shape index (κ1) is 15.7. The van der Waals surface area contributed by atoms with E-state index in [9.17, 15) is 4.79 Å². The third-order valence-corrected chi connectivity index (χ3v) is 4.27. The second-order valence-electron chi connectivity index (χ2n) is 4.78. The number of hydrogen-bond acceptors (Lipinski definition) is 5. The maximum absolute atomic E-state index is 11.2. The van der Waals surface area contributed by atoms with E-state index in [-0.39, 0.29) is 11.5 Å². The molecule has 0 saturated carbocycles. The van der Waals surface area contributed by atoms with Crippen molar-refractivity contribution < 1.29 is 14.3 Å². The van der Waals surface area contributed by atoms with Crippen molar-refractivity contribution in [3.05, 3.63) is 40.8 Å². The average molecular weight is 307 g/mol. The van der Waals surface area contributed by atoms with Gasteiger partial charge in [0.05, 0.1) is 12.1 Å². The van der Waals surface area contributed by atoms with Gasteiger partial charge in [-0.05, 0) is 31.0 Å². The molecule has 0 spiro atoms. The Hall–Kier alpha value is -1.69. The summed E-state index contributed by atoms with van der Waals surface area (Å²) in [4.78, 5) is 15.1. The number of carbonyl (C=O) groups excluding carboxylic acids is 1. The molecule has 0 bridgehead atoms. The predicted octanol–water partition coefficient (Wildman–Crippen LogP) is 3.52. The normalized spacial score (nSPS) is 28.5. The van der Waals surface area contributed by atoms with Gasteiger partial charge in [0.25, 0.3) is 0 Å². The van der Waals surface area contributed by atoms with Gasteiger partial charge in [0, 0.05) is 16.7 Å². The van der Waals surface area contributed by atoms with Gasteiger partial charge in [-0.25, -0.2) is 0 Å². The number of esters is 1. The molecule has 0 aromatic heterocycles. The van der Waals surface area contributed by atoms with Crippen LogP contribution in [0.15, 0.2) is 40.3 Å². The lowest BCUT2D eigenvalue weighted by atomic mass is 10.0. The molecule has 0 amide bonds. The van der Waals surface area contributed by atoms with Gasteiger partial charge in [-0.15, -0.1) is 0 Å². The van der Waals surface area contributed by atoms with Gasteiger partial charge in [0.2, 0.25) is 0 Å². The van der Waals surface area contributed by atoms with E-state index in [1.54, 1.807) is 11.8 Å². The molecule has 0 unspecified atom stereocenters. The van der Waals surface area contributed by atoms with Crippen molar-refractivity contribution in [3.8, 4) is 0 Å². The van der Waals surface area contributed by atoms with Crippen molar-refractivity contribution in [2.45, 2.75) is 48.8 Å². The monoisotopic (exact) mass is 307 g/mol. The highest BCUT2D eigenvalue weighted by molar-refractivity contribution is 7.99. The topological polar surface area (TPSA) is 84.3 Å². The van der Waals surface area contributed by atoms with Crippen LogP contribution >= 0.6 is 11.8 Å². The van der Waals surface area contributed by atoms with E-state index in [0.717, 1.165) is 4.90 Å². The Bertz CT molecular complexity index is 534. The Morgan fingerprint density at radius 3 is 2.81 bits per heavy atom. The molecule has 112 valence electrons. The highest BCUT2D eigenvalue weighted by Crippen LogP contribution is 2.34. The lowest BCUT2D eigenvalue weighted by Gasteiger charge is -2.37. The van der Waals surface area contributed by atoms with Crippen molar-refractivity contribution in [1.29, 1.82) is 0 Å². The van der Waals surface area contributed by atoms with Gasteiger partial charge in [0.15, 0.2) is 0 Å². The van der Waals surface area contributed by atoms with E-state index >= 15 is 0 Å². The lowest BCUT2D eigenvalue weighted by Crippen LogP contribution is -2.47. The number of azide groups is 1. The maximum Gasteiger partial charge on any atom is 0.303 e. The van der Waals surface area contributed by atoms with Gasteiger partial charge in [-0.1, -0.05) is 35.1 Å². The first-order valence-corrected chi connectivity index (χ1v) is 7.56. The minimum Gasteiger partial charge on any atom is -0.459 e. The van der Waals surface area contributed by atoms with Crippen LogP contribution in [0.1, 0.15) is 20.3 Å². The zero-order valence-corrected chi connectivity index (χ0v) is 12.7. The molecule has 1 fully saturated rings.